The number of thiophene rings is 1. The highest BCUT2D eigenvalue weighted by Crippen LogP contribution is 2.34. The van der Waals surface area contributed by atoms with E-state index in [2.05, 4.69) is 27.1 Å². The van der Waals surface area contributed by atoms with Crippen molar-refractivity contribution in [3.8, 4) is 0 Å². The summed E-state index contributed by atoms with van der Waals surface area (Å²) in [4.78, 5) is 15.8. The number of carbonyl (C=O) groups is 1. The van der Waals surface area contributed by atoms with E-state index >= 15 is 0 Å². The first-order valence-electron chi connectivity index (χ1n) is 7.14. The Morgan fingerprint density at radius 3 is 3.24 bits per heavy atom. The normalized spacial score (nSPS) is 18.3. The largest absolute Gasteiger partial charge is 0.333 e. The van der Waals surface area contributed by atoms with E-state index in [9.17, 15) is 4.79 Å². The topological polar surface area (TPSA) is 63.1 Å². The van der Waals surface area contributed by atoms with Gasteiger partial charge in [0.25, 0.3) is 0 Å². The van der Waals surface area contributed by atoms with Crippen LogP contribution in [0.15, 0.2) is 23.7 Å². The Morgan fingerprint density at radius 2 is 2.48 bits per heavy atom. The second-order valence-corrected chi connectivity index (χ2v) is 6.18. The lowest BCUT2D eigenvalue weighted by atomic mass is 10.2. The number of amides is 1. The molecule has 3 rings (SSSR count). The van der Waals surface area contributed by atoms with E-state index in [1.165, 1.54) is 4.88 Å². The van der Waals surface area contributed by atoms with E-state index in [0.717, 1.165) is 25.1 Å². The van der Waals surface area contributed by atoms with Crippen molar-refractivity contribution >= 4 is 17.2 Å². The fraction of sp³-hybridized carbons (Fsp3) is 0.500. The zero-order valence-electron chi connectivity index (χ0n) is 12.0. The lowest BCUT2D eigenvalue weighted by Crippen LogP contribution is -2.33. The first kappa shape index (κ1) is 14.2. The van der Waals surface area contributed by atoms with Crippen molar-refractivity contribution in [1.29, 1.82) is 0 Å². The lowest BCUT2D eigenvalue weighted by Gasteiger charge is -2.23. The summed E-state index contributed by atoms with van der Waals surface area (Å²) >= 11 is 1.72. The molecule has 0 bridgehead atoms. The van der Waals surface area contributed by atoms with Gasteiger partial charge in [0.2, 0.25) is 5.91 Å². The molecule has 0 aliphatic carbocycles. The lowest BCUT2D eigenvalue weighted by molar-refractivity contribution is -0.132. The summed E-state index contributed by atoms with van der Waals surface area (Å²) in [6, 6.07) is 4.39. The van der Waals surface area contributed by atoms with Gasteiger partial charge in [-0.3, -0.25) is 4.79 Å². The predicted octanol–water partition coefficient (Wildman–Crippen LogP) is 1.42. The first-order chi connectivity index (χ1) is 10.3. The number of hydrogen-bond donors (Lipinski definition) is 1. The molecule has 2 aromatic heterocycles. The van der Waals surface area contributed by atoms with Gasteiger partial charge in [0.15, 0.2) is 0 Å². The van der Waals surface area contributed by atoms with E-state index in [-0.39, 0.29) is 18.5 Å². The van der Waals surface area contributed by atoms with Gasteiger partial charge in [-0.1, -0.05) is 11.3 Å². The second kappa shape index (κ2) is 6.36. The van der Waals surface area contributed by atoms with E-state index in [1.54, 1.807) is 16.0 Å². The van der Waals surface area contributed by atoms with Gasteiger partial charge in [-0.15, -0.1) is 16.4 Å². The third kappa shape index (κ3) is 3.14. The van der Waals surface area contributed by atoms with E-state index in [0.29, 0.717) is 6.54 Å². The Morgan fingerprint density at radius 1 is 1.57 bits per heavy atom. The van der Waals surface area contributed by atoms with Crippen molar-refractivity contribution in [2.75, 3.05) is 13.6 Å². The van der Waals surface area contributed by atoms with E-state index in [4.69, 9.17) is 0 Å². The molecule has 1 amide bonds. The summed E-state index contributed by atoms with van der Waals surface area (Å²) < 4.78 is 1.62. The number of nitrogens with zero attached hydrogens (tertiary/aromatic N) is 4. The molecule has 0 radical (unpaired) electrons. The van der Waals surface area contributed by atoms with Gasteiger partial charge in [-0.2, -0.15) is 0 Å². The smallest absolute Gasteiger partial charge is 0.244 e. The minimum atomic E-state index is 0.117. The molecule has 1 aliphatic heterocycles. The fourth-order valence-corrected chi connectivity index (χ4v) is 3.62. The molecule has 1 saturated heterocycles. The Kier molecular flexibility index (Phi) is 4.31. The van der Waals surface area contributed by atoms with Crippen LogP contribution in [-0.2, 0) is 17.9 Å². The fourth-order valence-electron chi connectivity index (χ4n) is 2.75. The molecule has 2 aromatic rings. The van der Waals surface area contributed by atoms with Crippen molar-refractivity contribution in [3.63, 3.8) is 0 Å². The SMILES string of the molecule is CNCc1cn(CC(=O)N2CCCC2c2cccs2)nn1. The number of hydrogen-bond acceptors (Lipinski definition) is 5. The summed E-state index contributed by atoms with van der Waals surface area (Å²) in [5.41, 5.74) is 0.849. The van der Waals surface area contributed by atoms with Gasteiger partial charge < -0.3 is 10.2 Å². The molecule has 0 aromatic carbocycles. The number of rotatable bonds is 5. The maximum absolute atomic E-state index is 12.5. The molecule has 7 heteroatoms. The average molecular weight is 305 g/mol. The predicted molar refractivity (Wildman–Crippen MR) is 80.8 cm³/mol. The Labute approximate surface area is 127 Å². The van der Waals surface area contributed by atoms with Gasteiger partial charge in [0, 0.05) is 18.0 Å². The summed E-state index contributed by atoms with van der Waals surface area (Å²) in [7, 11) is 1.86. The molecule has 1 fully saturated rings. The Balaban J connectivity index is 1.66. The maximum atomic E-state index is 12.5. The summed E-state index contributed by atoms with van der Waals surface area (Å²) in [5, 5.41) is 13.1. The van der Waals surface area contributed by atoms with Crippen molar-refractivity contribution in [2.24, 2.45) is 0 Å². The molecule has 6 nitrogen and oxygen atoms in total. The van der Waals surface area contributed by atoms with Crippen molar-refractivity contribution in [2.45, 2.75) is 32.0 Å². The summed E-state index contributed by atoms with van der Waals surface area (Å²) in [6.45, 7) is 1.76. The van der Waals surface area contributed by atoms with Crippen LogP contribution in [0, 0.1) is 0 Å². The number of aromatic nitrogens is 3. The average Bonchev–Trinajstić information content (AvgIpc) is 3.20. The molecule has 3 heterocycles. The first-order valence-corrected chi connectivity index (χ1v) is 8.02. The zero-order valence-corrected chi connectivity index (χ0v) is 12.8. The second-order valence-electron chi connectivity index (χ2n) is 5.20. The number of carbonyl (C=O) groups excluding carboxylic acids is 1. The van der Waals surface area contributed by atoms with Gasteiger partial charge in [0.1, 0.15) is 6.54 Å². The molecule has 0 saturated carbocycles. The minimum Gasteiger partial charge on any atom is -0.333 e. The van der Waals surface area contributed by atoms with Gasteiger partial charge >= 0.3 is 0 Å². The molecule has 21 heavy (non-hydrogen) atoms. The monoisotopic (exact) mass is 305 g/mol. The summed E-state index contributed by atoms with van der Waals surface area (Å²) in [6.07, 6.45) is 3.94. The third-order valence-electron chi connectivity index (χ3n) is 3.69. The van der Waals surface area contributed by atoms with Crippen LogP contribution in [0.3, 0.4) is 0 Å². The molecular formula is C14H19N5OS. The van der Waals surface area contributed by atoms with E-state index in [1.807, 2.05) is 24.2 Å². The minimum absolute atomic E-state index is 0.117. The quantitative estimate of drug-likeness (QED) is 0.907. The van der Waals surface area contributed by atoms with Crippen LogP contribution in [-0.4, -0.2) is 39.4 Å². The maximum Gasteiger partial charge on any atom is 0.244 e. The van der Waals surface area contributed by atoms with Crippen molar-refractivity contribution < 1.29 is 4.79 Å². The van der Waals surface area contributed by atoms with Crippen LogP contribution in [0.2, 0.25) is 0 Å². The highest BCUT2D eigenvalue weighted by atomic mass is 32.1. The molecule has 1 atom stereocenters. The highest BCUT2D eigenvalue weighted by molar-refractivity contribution is 7.10. The van der Waals surface area contributed by atoms with Gasteiger partial charge in [-0.25, -0.2) is 4.68 Å². The van der Waals surface area contributed by atoms with Crippen LogP contribution < -0.4 is 5.32 Å². The van der Waals surface area contributed by atoms with Crippen LogP contribution in [0.1, 0.15) is 29.5 Å². The highest BCUT2D eigenvalue weighted by Gasteiger charge is 2.30. The van der Waals surface area contributed by atoms with Crippen LogP contribution in [0.5, 0.6) is 0 Å². The van der Waals surface area contributed by atoms with Crippen LogP contribution in [0.4, 0.5) is 0 Å². The summed E-state index contributed by atoms with van der Waals surface area (Å²) in [5.74, 6) is 0.117. The standard InChI is InChI=1S/C14H19N5OS/c1-15-8-11-9-18(17-16-11)10-14(20)19-6-2-4-12(19)13-5-3-7-21-13/h3,5,7,9,12,15H,2,4,6,8,10H2,1H3. The number of likely N-dealkylation sites (tertiary alicyclic amines) is 1. The van der Waals surface area contributed by atoms with Crippen molar-refractivity contribution in [3.05, 3.63) is 34.3 Å². The zero-order chi connectivity index (χ0) is 14.7. The Hall–Kier alpha value is -1.73. The molecule has 0 spiro atoms. The molecule has 112 valence electrons. The molecular weight excluding hydrogens is 286 g/mol. The third-order valence-corrected chi connectivity index (χ3v) is 4.66. The number of nitrogens with one attached hydrogen (secondary N) is 1. The van der Waals surface area contributed by atoms with Crippen molar-refractivity contribution in [1.82, 2.24) is 25.2 Å². The van der Waals surface area contributed by atoms with E-state index < -0.39 is 0 Å². The molecule has 1 aliphatic rings. The van der Waals surface area contributed by atoms with Crippen LogP contribution >= 0.6 is 11.3 Å². The van der Waals surface area contributed by atoms with Crippen LogP contribution in [0.25, 0.3) is 0 Å². The molecule has 1 N–H and O–H groups in total. The van der Waals surface area contributed by atoms with Gasteiger partial charge in [0.05, 0.1) is 17.9 Å². The Bertz CT molecular complexity index is 594. The van der Waals surface area contributed by atoms with Gasteiger partial charge in [-0.05, 0) is 31.3 Å². The molecule has 1 unspecified atom stereocenters.